The van der Waals surface area contributed by atoms with Crippen molar-refractivity contribution < 1.29 is 9.53 Å². The second-order valence-corrected chi connectivity index (χ2v) is 2.94. The molecule has 0 aromatic rings. The predicted molar refractivity (Wildman–Crippen MR) is 45.9 cm³/mol. The summed E-state index contributed by atoms with van der Waals surface area (Å²) in [4.78, 5) is 10.8. The van der Waals surface area contributed by atoms with Crippen molar-refractivity contribution in [3.8, 4) is 0 Å². The summed E-state index contributed by atoms with van der Waals surface area (Å²) in [7, 11) is 0. The predicted octanol–water partition coefficient (Wildman–Crippen LogP) is 2.30. The highest BCUT2D eigenvalue weighted by molar-refractivity contribution is 6.22. The molecule has 1 atom stereocenters. The van der Waals surface area contributed by atoms with Crippen LogP contribution < -0.4 is 0 Å². The number of carbonyl (C=O) groups excluding carboxylic acids is 1. The summed E-state index contributed by atoms with van der Waals surface area (Å²) < 4.78 is 4.69. The highest BCUT2D eigenvalue weighted by Crippen LogP contribution is 2.07. The Bertz CT molecular complexity index is 157. The molecule has 0 bridgehead atoms. The number of halogens is 2. The monoisotopic (exact) mass is 196 g/mol. The van der Waals surface area contributed by atoms with Gasteiger partial charge < -0.3 is 4.74 Å². The lowest BCUT2D eigenvalue weighted by Crippen LogP contribution is -2.13. The van der Waals surface area contributed by atoms with Gasteiger partial charge in [0.05, 0.1) is 0 Å². The lowest BCUT2D eigenvalue weighted by Gasteiger charge is -2.08. The van der Waals surface area contributed by atoms with Crippen molar-refractivity contribution in [1.29, 1.82) is 0 Å². The second kappa shape index (κ2) is 5.44. The van der Waals surface area contributed by atoms with E-state index in [1.807, 2.05) is 0 Å². The molecular weight excluding hydrogens is 187 g/mol. The molecule has 64 valence electrons. The van der Waals surface area contributed by atoms with Crippen LogP contribution >= 0.6 is 23.2 Å². The van der Waals surface area contributed by atoms with Gasteiger partial charge in [0.25, 0.3) is 0 Å². The smallest absolute Gasteiger partial charge is 0.334 e. The summed E-state index contributed by atoms with van der Waals surface area (Å²) in [6.45, 7) is 4.96. The second-order valence-electron chi connectivity index (χ2n) is 2.07. The number of alkyl halides is 2. The molecule has 0 saturated heterocycles. The Kier molecular flexibility index (Phi) is 5.34. The summed E-state index contributed by atoms with van der Waals surface area (Å²) in [5, 5.41) is 0. The van der Waals surface area contributed by atoms with Crippen LogP contribution in [0.2, 0.25) is 0 Å². The van der Waals surface area contributed by atoms with Crippen LogP contribution in [0.4, 0.5) is 0 Å². The maximum absolute atomic E-state index is 10.8. The molecule has 0 amide bonds. The zero-order valence-corrected chi connectivity index (χ0v) is 7.78. The van der Waals surface area contributed by atoms with Gasteiger partial charge in [0.1, 0.15) is 0 Å². The van der Waals surface area contributed by atoms with Gasteiger partial charge in [-0.05, 0) is 6.92 Å². The average molecular weight is 197 g/mol. The van der Waals surface area contributed by atoms with E-state index in [9.17, 15) is 4.79 Å². The van der Waals surface area contributed by atoms with Crippen LogP contribution in [0, 0.1) is 0 Å². The summed E-state index contributed by atoms with van der Waals surface area (Å²) in [5.41, 5.74) is -0.304. The van der Waals surface area contributed by atoms with E-state index in [-0.39, 0.29) is 0 Å². The minimum Gasteiger partial charge on any atom is -0.443 e. The normalized spacial score (nSPS) is 12.3. The Balaban J connectivity index is 3.66. The summed E-state index contributed by atoms with van der Waals surface area (Å²) in [5.74, 6) is -0.104. The van der Waals surface area contributed by atoms with Crippen molar-refractivity contribution >= 4 is 29.2 Å². The van der Waals surface area contributed by atoms with Crippen molar-refractivity contribution in [2.24, 2.45) is 0 Å². The first kappa shape index (κ1) is 10.8. The van der Waals surface area contributed by atoms with Crippen LogP contribution in [-0.4, -0.2) is 17.4 Å². The molecule has 0 aromatic carbocycles. The molecule has 11 heavy (non-hydrogen) atoms. The van der Waals surface area contributed by atoms with E-state index in [4.69, 9.17) is 27.9 Å². The fraction of sp³-hybridized carbons (Fsp3) is 0.571. The SMILES string of the molecule is C=C(C)C(=O)OC(Cl)CCCl. The molecule has 0 spiro atoms. The van der Waals surface area contributed by atoms with E-state index in [2.05, 4.69) is 6.58 Å². The van der Waals surface area contributed by atoms with Gasteiger partial charge in [-0.25, -0.2) is 4.79 Å². The van der Waals surface area contributed by atoms with E-state index in [0.717, 1.165) is 0 Å². The molecule has 2 nitrogen and oxygen atoms in total. The van der Waals surface area contributed by atoms with E-state index in [1.165, 1.54) is 0 Å². The van der Waals surface area contributed by atoms with Gasteiger partial charge >= 0.3 is 5.97 Å². The van der Waals surface area contributed by atoms with Crippen LogP contribution in [0.5, 0.6) is 0 Å². The maximum Gasteiger partial charge on any atom is 0.334 e. The Labute approximate surface area is 76.1 Å². The fourth-order valence-corrected chi connectivity index (χ4v) is 0.861. The molecule has 0 aliphatic carbocycles. The van der Waals surface area contributed by atoms with Gasteiger partial charge in [-0.1, -0.05) is 18.2 Å². The Morgan fingerprint density at radius 1 is 1.73 bits per heavy atom. The molecule has 0 aliphatic rings. The summed E-state index contributed by atoms with van der Waals surface area (Å²) in [6.07, 6.45) is 0.447. The number of esters is 1. The van der Waals surface area contributed by atoms with E-state index in [1.54, 1.807) is 6.92 Å². The molecule has 0 radical (unpaired) electrons. The van der Waals surface area contributed by atoms with E-state index in [0.29, 0.717) is 17.9 Å². The minimum absolute atomic E-state index is 0.338. The summed E-state index contributed by atoms with van der Waals surface area (Å²) in [6, 6.07) is 0. The quantitative estimate of drug-likeness (QED) is 0.392. The highest BCUT2D eigenvalue weighted by atomic mass is 35.5. The Morgan fingerprint density at radius 3 is 2.64 bits per heavy atom. The van der Waals surface area contributed by atoms with E-state index >= 15 is 0 Å². The minimum atomic E-state index is -0.642. The Hall–Kier alpha value is -0.210. The third-order valence-corrected chi connectivity index (χ3v) is 1.44. The van der Waals surface area contributed by atoms with Gasteiger partial charge in [0, 0.05) is 17.9 Å². The molecule has 4 heteroatoms. The fourth-order valence-electron chi connectivity index (χ4n) is 0.361. The molecule has 0 rings (SSSR count). The molecule has 0 aromatic heterocycles. The number of carbonyl (C=O) groups is 1. The highest BCUT2D eigenvalue weighted by Gasteiger charge is 2.10. The molecule has 0 heterocycles. The first-order valence-corrected chi connectivity index (χ1v) is 4.11. The standard InChI is InChI=1S/C7H10Cl2O2/c1-5(2)7(10)11-6(9)3-4-8/h6H,1,3-4H2,2H3. The van der Waals surface area contributed by atoms with Gasteiger partial charge in [0.2, 0.25) is 0 Å². The zero-order valence-electron chi connectivity index (χ0n) is 6.27. The third-order valence-electron chi connectivity index (χ3n) is 0.919. The molecule has 0 aliphatic heterocycles. The number of rotatable bonds is 4. The van der Waals surface area contributed by atoms with E-state index < -0.39 is 11.5 Å². The first-order valence-electron chi connectivity index (χ1n) is 3.14. The molecule has 1 unspecified atom stereocenters. The van der Waals surface area contributed by atoms with Gasteiger partial charge in [-0.15, -0.1) is 11.6 Å². The van der Waals surface area contributed by atoms with Crippen molar-refractivity contribution in [1.82, 2.24) is 0 Å². The molecular formula is C7H10Cl2O2. The molecule has 0 fully saturated rings. The lowest BCUT2D eigenvalue weighted by molar-refractivity contribution is -0.140. The first-order chi connectivity index (χ1) is 5.07. The Morgan fingerprint density at radius 2 is 2.27 bits per heavy atom. The number of hydrogen-bond donors (Lipinski definition) is 0. The van der Waals surface area contributed by atoms with Gasteiger partial charge in [-0.2, -0.15) is 0 Å². The lowest BCUT2D eigenvalue weighted by atomic mass is 10.4. The molecule has 0 N–H and O–H groups in total. The van der Waals surface area contributed by atoms with Gasteiger partial charge in [-0.3, -0.25) is 0 Å². The van der Waals surface area contributed by atoms with Crippen LogP contribution in [-0.2, 0) is 9.53 Å². The zero-order chi connectivity index (χ0) is 8.85. The van der Waals surface area contributed by atoms with Crippen molar-refractivity contribution in [2.75, 3.05) is 5.88 Å². The van der Waals surface area contributed by atoms with Gasteiger partial charge in [0.15, 0.2) is 5.56 Å². The maximum atomic E-state index is 10.8. The molecule has 0 saturated carbocycles. The average Bonchev–Trinajstić information content (AvgIpc) is 1.87. The van der Waals surface area contributed by atoms with Crippen molar-refractivity contribution in [3.05, 3.63) is 12.2 Å². The van der Waals surface area contributed by atoms with Crippen molar-refractivity contribution in [2.45, 2.75) is 18.9 Å². The largest absolute Gasteiger partial charge is 0.443 e. The topological polar surface area (TPSA) is 26.3 Å². The third kappa shape index (κ3) is 5.10. The van der Waals surface area contributed by atoms with Crippen LogP contribution in [0.15, 0.2) is 12.2 Å². The number of ether oxygens (including phenoxy) is 1. The summed E-state index contributed by atoms with van der Waals surface area (Å²) >= 11 is 10.9. The number of hydrogen-bond acceptors (Lipinski definition) is 2. The van der Waals surface area contributed by atoms with Crippen LogP contribution in [0.3, 0.4) is 0 Å². The van der Waals surface area contributed by atoms with Crippen molar-refractivity contribution in [3.63, 3.8) is 0 Å². The van der Waals surface area contributed by atoms with Crippen LogP contribution in [0.25, 0.3) is 0 Å². The van der Waals surface area contributed by atoms with Crippen LogP contribution in [0.1, 0.15) is 13.3 Å².